The number of ether oxygens (including phenoxy) is 1. The Bertz CT molecular complexity index is 1910. The van der Waals surface area contributed by atoms with Crippen molar-refractivity contribution in [2.75, 3.05) is 26.3 Å². The van der Waals surface area contributed by atoms with Crippen LogP contribution in [0, 0.1) is 5.41 Å². The number of aromatic nitrogens is 1. The number of carboxylic acids is 1. The maximum absolute atomic E-state index is 14.6. The maximum atomic E-state index is 14.6. The summed E-state index contributed by atoms with van der Waals surface area (Å²) in [5.41, 5.74) is -2.03. The molecular formula is C34H32F3N3O5. The molecule has 2 N–H and O–H groups in total. The molecule has 1 saturated heterocycles. The van der Waals surface area contributed by atoms with Gasteiger partial charge in [-0.3, -0.25) is 14.5 Å². The van der Waals surface area contributed by atoms with Gasteiger partial charge in [-0.25, -0.2) is 4.79 Å². The third kappa shape index (κ3) is 4.63. The van der Waals surface area contributed by atoms with Gasteiger partial charge in [-0.05, 0) is 47.2 Å². The number of nitrogens with zero attached hydrogens (tertiary/aromatic N) is 2. The second-order valence-electron chi connectivity index (χ2n) is 12.6. The van der Waals surface area contributed by atoms with Gasteiger partial charge >= 0.3 is 12.1 Å². The Morgan fingerprint density at radius 2 is 1.60 bits per heavy atom. The highest BCUT2D eigenvalue weighted by Crippen LogP contribution is 2.70. The molecule has 3 aromatic carbocycles. The van der Waals surface area contributed by atoms with E-state index in [-0.39, 0.29) is 34.3 Å². The molecule has 1 aliphatic heterocycles. The first-order chi connectivity index (χ1) is 21.4. The number of halogens is 3. The van der Waals surface area contributed by atoms with E-state index in [1.165, 1.54) is 35.9 Å². The first-order valence-corrected chi connectivity index (χ1v) is 15.0. The van der Waals surface area contributed by atoms with Crippen LogP contribution in [0.1, 0.15) is 30.4 Å². The van der Waals surface area contributed by atoms with Crippen molar-refractivity contribution in [1.29, 1.82) is 0 Å². The standard InChI is InChI=1S/C34H32F3N3O5/c1-39-26-11-3-2-7-24(26)28(34(35,36)37)27(29(39)41)23-10-5-8-21-20(6-4-9-22(21)23)16-25(30(42)43)38-31(44)32-17-33(18-32,19-32)40-12-14-45-15-13-40/h2-11,25H,12-19H2,1H3,(H,38,44)(H,42,43)/t25-,32?,33?/m0/s1. The number of pyridine rings is 1. The van der Waals surface area contributed by atoms with Crippen molar-refractivity contribution in [3.63, 3.8) is 0 Å². The van der Waals surface area contributed by atoms with E-state index in [0.29, 0.717) is 48.8 Å². The zero-order valence-electron chi connectivity index (χ0n) is 24.6. The predicted molar refractivity (Wildman–Crippen MR) is 162 cm³/mol. The molecule has 3 saturated carbocycles. The summed E-state index contributed by atoms with van der Waals surface area (Å²) in [4.78, 5) is 41.7. The van der Waals surface area contributed by atoms with E-state index in [4.69, 9.17) is 4.74 Å². The van der Waals surface area contributed by atoms with E-state index < -0.39 is 40.3 Å². The normalized spacial score (nSPS) is 23.7. The van der Waals surface area contributed by atoms with Crippen molar-refractivity contribution in [3.05, 3.63) is 82.1 Å². The molecule has 2 bridgehead atoms. The first kappa shape index (κ1) is 29.5. The lowest BCUT2D eigenvalue weighted by molar-refractivity contribution is -0.229. The van der Waals surface area contributed by atoms with Crippen molar-refractivity contribution in [2.24, 2.45) is 12.5 Å². The van der Waals surface area contributed by atoms with Gasteiger partial charge in [-0.15, -0.1) is 0 Å². The average Bonchev–Trinajstić information content (AvgIpc) is 2.97. The number of hydrogen-bond donors (Lipinski definition) is 2. The van der Waals surface area contributed by atoms with Gasteiger partial charge < -0.3 is 19.7 Å². The first-order valence-electron chi connectivity index (χ1n) is 15.0. The summed E-state index contributed by atoms with van der Waals surface area (Å²) in [5, 5.41) is 13.7. The number of nitrogens with one attached hydrogen (secondary N) is 1. The minimum absolute atomic E-state index is 0.000954. The Morgan fingerprint density at radius 1 is 0.956 bits per heavy atom. The van der Waals surface area contributed by atoms with Crippen LogP contribution < -0.4 is 10.9 Å². The summed E-state index contributed by atoms with van der Waals surface area (Å²) < 4.78 is 50.6. The fraction of sp³-hybridized carbons (Fsp3) is 0.382. The summed E-state index contributed by atoms with van der Waals surface area (Å²) in [6.07, 6.45) is -2.81. The van der Waals surface area contributed by atoms with E-state index in [9.17, 15) is 32.7 Å². The molecular weight excluding hydrogens is 587 g/mol. The molecule has 1 aromatic heterocycles. The number of hydrogen-bond acceptors (Lipinski definition) is 5. The van der Waals surface area contributed by atoms with Crippen LogP contribution in [0.4, 0.5) is 13.2 Å². The van der Waals surface area contributed by atoms with Crippen LogP contribution in [0.25, 0.3) is 32.8 Å². The highest BCUT2D eigenvalue weighted by atomic mass is 19.4. The molecule has 8 rings (SSSR count). The van der Waals surface area contributed by atoms with E-state index in [1.807, 2.05) is 0 Å². The van der Waals surface area contributed by atoms with Crippen LogP contribution in [0.5, 0.6) is 0 Å². The van der Waals surface area contributed by atoms with E-state index in [1.54, 1.807) is 36.4 Å². The fourth-order valence-corrected chi connectivity index (χ4v) is 7.89. The second-order valence-corrected chi connectivity index (χ2v) is 12.6. The number of aryl methyl sites for hydroxylation is 1. The smallest absolute Gasteiger partial charge is 0.417 e. The van der Waals surface area contributed by atoms with Crippen LogP contribution in [-0.2, 0) is 34.0 Å². The van der Waals surface area contributed by atoms with Crippen molar-refractivity contribution in [2.45, 2.75) is 43.4 Å². The van der Waals surface area contributed by atoms with Crippen LogP contribution >= 0.6 is 0 Å². The molecule has 1 atom stereocenters. The van der Waals surface area contributed by atoms with Crippen LogP contribution in [-0.4, -0.2) is 64.3 Å². The highest BCUT2D eigenvalue weighted by molar-refractivity contribution is 6.02. The number of carbonyl (C=O) groups is 2. The molecule has 4 aliphatic rings. The molecule has 234 valence electrons. The SMILES string of the molecule is Cn1c(=O)c(-c2cccc3c(C[C@H](NC(=O)C45CC(N6CCOCC6)(C4)C5)C(=O)O)cccc23)c(C(F)(F)F)c2ccccc21. The third-order valence-electron chi connectivity index (χ3n) is 10.1. The number of benzene rings is 3. The Kier molecular flexibility index (Phi) is 6.83. The number of para-hydroxylation sites is 1. The molecule has 4 fully saturated rings. The van der Waals surface area contributed by atoms with E-state index >= 15 is 0 Å². The highest BCUT2D eigenvalue weighted by Gasteiger charge is 2.73. The van der Waals surface area contributed by atoms with Crippen LogP contribution in [0.15, 0.2) is 65.5 Å². The number of fused-ring (bicyclic) bond motifs is 2. The third-order valence-corrected chi connectivity index (χ3v) is 10.1. The topological polar surface area (TPSA) is 101 Å². The van der Waals surface area contributed by atoms with Crippen molar-refractivity contribution in [1.82, 2.24) is 14.8 Å². The summed E-state index contributed by atoms with van der Waals surface area (Å²) in [6, 6.07) is 14.4. The number of aliphatic carboxylic acids is 1. The number of carboxylic acid groups (broad SMARTS) is 1. The van der Waals surface area contributed by atoms with Gasteiger partial charge in [-0.2, -0.15) is 13.2 Å². The Balaban J connectivity index is 1.22. The molecule has 1 amide bonds. The minimum atomic E-state index is -4.82. The Labute approximate surface area is 256 Å². The monoisotopic (exact) mass is 619 g/mol. The quantitative estimate of drug-likeness (QED) is 0.310. The summed E-state index contributed by atoms with van der Waals surface area (Å²) in [7, 11) is 1.44. The molecule has 45 heavy (non-hydrogen) atoms. The van der Waals surface area contributed by atoms with Gasteiger partial charge in [0.25, 0.3) is 5.56 Å². The number of carbonyl (C=O) groups excluding carboxylic acids is 1. The van der Waals surface area contributed by atoms with Gasteiger partial charge in [0.2, 0.25) is 5.91 Å². The zero-order valence-corrected chi connectivity index (χ0v) is 24.6. The zero-order chi connectivity index (χ0) is 31.7. The van der Waals surface area contributed by atoms with Crippen LogP contribution in [0.3, 0.4) is 0 Å². The van der Waals surface area contributed by atoms with Gasteiger partial charge in [-0.1, -0.05) is 54.6 Å². The lowest BCUT2D eigenvalue weighted by Crippen LogP contribution is -2.79. The summed E-state index contributed by atoms with van der Waals surface area (Å²) in [6.45, 7) is 2.99. The Hall–Kier alpha value is -4.22. The average molecular weight is 620 g/mol. The molecule has 4 aromatic rings. The summed E-state index contributed by atoms with van der Waals surface area (Å²) in [5.74, 6) is -1.48. The van der Waals surface area contributed by atoms with Gasteiger partial charge in [0.05, 0.1) is 35.3 Å². The Morgan fingerprint density at radius 3 is 2.29 bits per heavy atom. The van der Waals surface area contributed by atoms with Gasteiger partial charge in [0, 0.05) is 37.5 Å². The number of alkyl halides is 3. The molecule has 8 nitrogen and oxygen atoms in total. The van der Waals surface area contributed by atoms with Gasteiger partial charge in [0.1, 0.15) is 6.04 Å². The fourth-order valence-electron chi connectivity index (χ4n) is 7.89. The number of rotatable bonds is 7. The predicted octanol–water partition coefficient (Wildman–Crippen LogP) is 4.74. The van der Waals surface area contributed by atoms with E-state index in [2.05, 4.69) is 10.2 Å². The summed E-state index contributed by atoms with van der Waals surface area (Å²) >= 11 is 0. The van der Waals surface area contributed by atoms with E-state index in [0.717, 1.165) is 13.1 Å². The molecule has 11 heteroatoms. The lowest BCUT2D eigenvalue weighted by Gasteiger charge is -2.73. The van der Waals surface area contributed by atoms with Crippen molar-refractivity contribution >= 4 is 33.6 Å². The molecule has 2 heterocycles. The minimum Gasteiger partial charge on any atom is -0.480 e. The molecule has 0 unspecified atom stereocenters. The number of amides is 1. The maximum Gasteiger partial charge on any atom is 0.417 e. The number of morpholine rings is 1. The molecule has 3 aliphatic carbocycles. The second kappa shape index (κ2) is 10.4. The van der Waals surface area contributed by atoms with Crippen molar-refractivity contribution in [3.8, 4) is 11.1 Å². The van der Waals surface area contributed by atoms with Crippen LogP contribution in [0.2, 0.25) is 0 Å². The largest absolute Gasteiger partial charge is 0.480 e. The van der Waals surface area contributed by atoms with Gasteiger partial charge in [0.15, 0.2) is 0 Å². The lowest BCUT2D eigenvalue weighted by atomic mass is 9.38. The molecule has 0 spiro atoms. The van der Waals surface area contributed by atoms with Crippen molar-refractivity contribution < 1.29 is 32.6 Å². The molecule has 0 radical (unpaired) electrons.